The molecular weight excluding hydrogens is 324 g/mol. The molecule has 2 aliphatic heterocycles. The molecule has 1 aromatic carbocycles. The van der Waals surface area contributed by atoms with Crippen LogP contribution in [0.2, 0.25) is 0 Å². The summed E-state index contributed by atoms with van der Waals surface area (Å²) in [7, 11) is 0. The summed E-state index contributed by atoms with van der Waals surface area (Å²) in [5, 5.41) is 12.1. The van der Waals surface area contributed by atoms with E-state index in [2.05, 4.69) is 5.32 Å². The summed E-state index contributed by atoms with van der Waals surface area (Å²) in [6.45, 7) is 5.22. The highest BCUT2D eigenvalue weighted by Crippen LogP contribution is 2.39. The molecule has 0 radical (unpaired) electrons. The van der Waals surface area contributed by atoms with Gasteiger partial charge in [0.15, 0.2) is 0 Å². The first-order chi connectivity index (χ1) is 11.7. The Hall–Kier alpha value is -2.57. The van der Waals surface area contributed by atoms with Crippen molar-refractivity contribution in [1.82, 2.24) is 5.32 Å². The molecule has 0 bridgehead atoms. The van der Waals surface area contributed by atoms with Gasteiger partial charge in [0.25, 0.3) is 5.91 Å². The van der Waals surface area contributed by atoms with Crippen LogP contribution in [-0.2, 0) is 27.2 Å². The van der Waals surface area contributed by atoms with E-state index in [1.807, 2.05) is 18.2 Å². The Bertz CT molecular complexity index is 737. The van der Waals surface area contributed by atoms with Gasteiger partial charge in [0.2, 0.25) is 0 Å². The average Bonchev–Trinajstić information content (AvgIpc) is 2.83. The largest absolute Gasteiger partial charge is 0.480 e. The van der Waals surface area contributed by atoms with E-state index < -0.39 is 35.7 Å². The molecule has 0 spiro atoms. The van der Waals surface area contributed by atoms with E-state index >= 15 is 0 Å². The molecule has 134 valence electrons. The van der Waals surface area contributed by atoms with Crippen LogP contribution in [0.25, 0.3) is 0 Å². The van der Waals surface area contributed by atoms with Crippen LogP contribution in [0.1, 0.15) is 38.3 Å². The van der Waals surface area contributed by atoms with Gasteiger partial charge in [0.1, 0.15) is 17.7 Å². The van der Waals surface area contributed by atoms with Crippen LogP contribution in [-0.4, -0.2) is 40.8 Å². The van der Waals surface area contributed by atoms with Gasteiger partial charge in [-0.15, -0.1) is 0 Å². The minimum Gasteiger partial charge on any atom is -0.480 e. The second-order valence-corrected chi connectivity index (χ2v) is 7.43. The standard InChI is InChI=1S/C18H22N2O5/c1-18(2,3)25-17(24)19-12-8-7-10-5-4-6-11-9-13(16(22)23)20(14(10)11)15(12)21/h4-6,12-13H,7-9H2,1-3H3,(H,19,24)(H,22,23)/t12-,13-/m0/s1. The Balaban J connectivity index is 1.89. The first kappa shape index (κ1) is 17.3. The van der Waals surface area contributed by atoms with Crippen LogP contribution in [0.15, 0.2) is 18.2 Å². The van der Waals surface area contributed by atoms with E-state index in [0.717, 1.165) is 11.1 Å². The first-order valence-corrected chi connectivity index (χ1v) is 8.33. The molecule has 25 heavy (non-hydrogen) atoms. The Morgan fingerprint density at radius 3 is 2.60 bits per heavy atom. The third-order valence-corrected chi connectivity index (χ3v) is 4.38. The van der Waals surface area contributed by atoms with E-state index in [0.29, 0.717) is 18.5 Å². The molecule has 1 aromatic rings. The monoisotopic (exact) mass is 346 g/mol. The van der Waals surface area contributed by atoms with Crippen molar-refractivity contribution in [2.75, 3.05) is 4.90 Å². The number of nitrogens with zero attached hydrogens (tertiary/aromatic N) is 1. The zero-order valence-corrected chi connectivity index (χ0v) is 14.5. The van der Waals surface area contributed by atoms with Crippen molar-refractivity contribution in [3.8, 4) is 0 Å². The molecule has 2 aliphatic rings. The highest BCUT2D eigenvalue weighted by molar-refractivity contribution is 6.06. The zero-order chi connectivity index (χ0) is 18.4. The van der Waals surface area contributed by atoms with Crippen molar-refractivity contribution < 1.29 is 24.2 Å². The average molecular weight is 346 g/mol. The van der Waals surface area contributed by atoms with E-state index in [9.17, 15) is 19.5 Å². The van der Waals surface area contributed by atoms with E-state index in [1.165, 1.54) is 4.90 Å². The topological polar surface area (TPSA) is 95.9 Å². The summed E-state index contributed by atoms with van der Waals surface area (Å²) in [5.74, 6) is -1.45. The summed E-state index contributed by atoms with van der Waals surface area (Å²) in [4.78, 5) is 38.0. The zero-order valence-electron chi connectivity index (χ0n) is 14.5. The molecule has 2 atom stereocenters. The summed E-state index contributed by atoms with van der Waals surface area (Å²) in [6, 6.07) is 3.88. The molecule has 0 aromatic heterocycles. The number of rotatable bonds is 2. The molecule has 2 N–H and O–H groups in total. The first-order valence-electron chi connectivity index (χ1n) is 8.33. The number of carboxylic acids is 1. The number of para-hydroxylation sites is 1. The molecule has 0 fully saturated rings. The van der Waals surface area contributed by atoms with Crippen LogP contribution in [0.5, 0.6) is 0 Å². The minimum atomic E-state index is -1.05. The highest BCUT2D eigenvalue weighted by Gasteiger charge is 2.44. The van der Waals surface area contributed by atoms with E-state index in [1.54, 1.807) is 20.8 Å². The number of hydrogen-bond acceptors (Lipinski definition) is 4. The lowest BCUT2D eigenvalue weighted by molar-refractivity contribution is -0.140. The fraction of sp³-hybridized carbons (Fsp3) is 0.500. The lowest BCUT2D eigenvalue weighted by atomic mass is 10.0. The fourth-order valence-corrected chi connectivity index (χ4v) is 3.41. The van der Waals surface area contributed by atoms with Gasteiger partial charge in [-0.1, -0.05) is 18.2 Å². The number of alkyl carbamates (subject to hydrolysis) is 1. The molecular formula is C18H22N2O5. The smallest absolute Gasteiger partial charge is 0.408 e. The molecule has 0 saturated heterocycles. The lowest BCUT2D eigenvalue weighted by Gasteiger charge is -2.27. The van der Waals surface area contributed by atoms with Crippen molar-refractivity contribution in [1.29, 1.82) is 0 Å². The number of aryl methyl sites for hydroxylation is 1. The Labute approximate surface area is 146 Å². The molecule has 7 nitrogen and oxygen atoms in total. The normalized spacial score (nSPS) is 22.2. The predicted octanol–water partition coefficient (Wildman–Crippen LogP) is 1.87. The minimum absolute atomic E-state index is 0.281. The quantitative estimate of drug-likeness (QED) is 0.852. The van der Waals surface area contributed by atoms with Gasteiger partial charge in [-0.2, -0.15) is 0 Å². The van der Waals surface area contributed by atoms with Gasteiger partial charge in [-0.05, 0) is 44.7 Å². The molecule has 7 heteroatoms. The third-order valence-electron chi connectivity index (χ3n) is 4.38. The van der Waals surface area contributed by atoms with E-state index in [4.69, 9.17) is 4.74 Å². The van der Waals surface area contributed by atoms with Crippen molar-refractivity contribution >= 4 is 23.7 Å². The number of carbonyl (C=O) groups is 3. The predicted molar refractivity (Wildman–Crippen MR) is 90.5 cm³/mol. The summed E-state index contributed by atoms with van der Waals surface area (Å²) >= 11 is 0. The maximum atomic E-state index is 13.0. The number of aliphatic carboxylic acids is 1. The molecule has 0 unspecified atom stereocenters. The van der Waals surface area contributed by atoms with Gasteiger partial charge in [-0.3, -0.25) is 9.69 Å². The lowest BCUT2D eigenvalue weighted by Crippen LogP contribution is -2.53. The van der Waals surface area contributed by atoms with Crippen molar-refractivity contribution in [2.45, 2.75) is 57.7 Å². The number of ether oxygens (including phenoxy) is 1. The summed E-state index contributed by atoms with van der Waals surface area (Å²) in [6.07, 6.45) is 0.585. The molecule has 0 saturated carbocycles. The second kappa shape index (κ2) is 6.06. The molecule has 3 rings (SSSR count). The third kappa shape index (κ3) is 3.31. The van der Waals surface area contributed by atoms with Crippen LogP contribution < -0.4 is 10.2 Å². The van der Waals surface area contributed by atoms with Crippen LogP contribution in [0.3, 0.4) is 0 Å². The Kier molecular flexibility index (Phi) is 4.18. The Morgan fingerprint density at radius 1 is 1.28 bits per heavy atom. The van der Waals surface area contributed by atoms with Gasteiger partial charge in [-0.25, -0.2) is 9.59 Å². The van der Waals surface area contributed by atoms with E-state index in [-0.39, 0.29) is 6.42 Å². The number of hydrogen-bond donors (Lipinski definition) is 2. The van der Waals surface area contributed by atoms with Gasteiger partial charge in [0, 0.05) is 6.42 Å². The number of carboxylic acid groups (broad SMARTS) is 1. The second-order valence-electron chi connectivity index (χ2n) is 7.43. The molecule has 2 heterocycles. The maximum Gasteiger partial charge on any atom is 0.408 e. The fourth-order valence-electron chi connectivity index (χ4n) is 3.41. The van der Waals surface area contributed by atoms with Crippen LogP contribution >= 0.6 is 0 Å². The number of amides is 2. The number of carbonyl (C=O) groups excluding carboxylic acids is 2. The van der Waals surface area contributed by atoms with Gasteiger partial charge in [0.05, 0.1) is 5.69 Å². The van der Waals surface area contributed by atoms with Crippen LogP contribution in [0.4, 0.5) is 10.5 Å². The van der Waals surface area contributed by atoms with Gasteiger partial charge < -0.3 is 15.2 Å². The molecule has 2 amide bonds. The van der Waals surface area contributed by atoms with Gasteiger partial charge >= 0.3 is 12.1 Å². The van der Waals surface area contributed by atoms with Crippen molar-refractivity contribution in [3.63, 3.8) is 0 Å². The number of benzene rings is 1. The van der Waals surface area contributed by atoms with Crippen molar-refractivity contribution in [2.24, 2.45) is 0 Å². The Morgan fingerprint density at radius 2 is 1.96 bits per heavy atom. The summed E-state index contributed by atoms with van der Waals surface area (Å²) in [5.41, 5.74) is 1.80. The number of anilines is 1. The molecule has 0 aliphatic carbocycles. The highest BCUT2D eigenvalue weighted by atomic mass is 16.6. The van der Waals surface area contributed by atoms with Crippen LogP contribution in [0, 0.1) is 0 Å². The number of nitrogens with one attached hydrogen (secondary N) is 1. The van der Waals surface area contributed by atoms with Crippen molar-refractivity contribution in [3.05, 3.63) is 29.3 Å². The summed E-state index contributed by atoms with van der Waals surface area (Å²) < 4.78 is 5.23. The SMILES string of the molecule is CC(C)(C)OC(=O)N[C@H]1CCc2cccc3c2N(C1=O)[C@H](C(=O)O)C3. The maximum absolute atomic E-state index is 13.0.